The number of carbonyl (C=O) groups is 2. The van der Waals surface area contributed by atoms with Crippen molar-refractivity contribution in [2.45, 2.75) is 44.1 Å². The summed E-state index contributed by atoms with van der Waals surface area (Å²) in [6, 6.07) is 0. The maximum Gasteiger partial charge on any atom is 0.331 e. The molecule has 2 N–H and O–H groups in total. The standard InChI is InChI=1S/C13H22N2O3.ClH/c1-18-12(17)13(6-4-2-3-5-7-13)15-11(16)10-8-14-9-10;/h10,14H,2-9H2,1H3,(H,15,16);1H. The molecular formula is C13H23ClN2O3. The van der Waals surface area contributed by atoms with E-state index >= 15 is 0 Å². The van der Waals surface area contributed by atoms with Crippen molar-refractivity contribution < 1.29 is 14.3 Å². The number of amides is 1. The minimum absolute atomic E-state index is 0. The Kier molecular flexibility index (Phi) is 6.07. The number of carbonyl (C=O) groups excluding carboxylic acids is 2. The lowest BCUT2D eigenvalue weighted by atomic mass is 9.88. The molecule has 110 valence electrons. The lowest BCUT2D eigenvalue weighted by Crippen LogP contribution is -2.60. The molecule has 1 aliphatic heterocycles. The molecule has 0 aromatic rings. The van der Waals surface area contributed by atoms with E-state index in [4.69, 9.17) is 4.74 Å². The largest absolute Gasteiger partial charge is 0.467 e. The number of ether oxygens (including phenoxy) is 1. The van der Waals surface area contributed by atoms with Crippen molar-refractivity contribution in [3.8, 4) is 0 Å². The van der Waals surface area contributed by atoms with Crippen LogP contribution < -0.4 is 10.6 Å². The third kappa shape index (κ3) is 3.60. The third-order valence-electron chi connectivity index (χ3n) is 4.05. The second kappa shape index (κ2) is 7.10. The van der Waals surface area contributed by atoms with E-state index in [1.54, 1.807) is 0 Å². The summed E-state index contributed by atoms with van der Waals surface area (Å²) in [5, 5.41) is 6.04. The van der Waals surface area contributed by atoms with E-state index in [0.29, 0.717) is 25.9 Å². The molecular weight excluding hydrogens is 268 g/mol. The van der Waals surface area contributed by atoms with Crippen LogP contribution in [0.1, 0.15) is 38.5 Å². The molecule has 6 heteroatoms. The fourth-order valence-electron chi connectivity index (χ4n) is 2.72. The molecule has 1 saturated carbocycles. The number of hydrogen-bond donors (Lipinski definition) is 2. The van der Waals surface area contributed by atoms with Gasteiger partial charge >= 0.3 is 5.97 Å². The molecule has 0 bridgehead atoms. The van der Waals surface area contributed by atoms with Crippen LogP contribution in [0.4, 0.5) is 0 Å². The van der Waals surface area contributed by atoms with Gasteiger partial charge in [0.2, 0.25) is 5.91 Å². The molecule has 5 nitrogen and oxygen atoms in total. The second-order valence-corrected chi connectivity index (χ2v) is 5.33. The van der Waals surface area contributed by atoms with Crippen LogP contribution in [0.5, 0.6) is 0 Å². The zero-order valence-electron chi connectivity index (χ0n) is 11.4. The minimum Gasteiger partial charge on any atom is -0.467 e. The van der Waals surface area contributed by atoms with Crippen LogP contribution in [0.15, 0.2) is 0 Å². The number of halogens is 1. The molecule has 1 heterocycles. The Morgan fingerprint density at radius 3 is 2.16 bits per heavy atom. The van der Waals surface area contributed by atoms with Crippen LogP contribution >= 0.6 is 12.4 Å². The van der Waals surface area contributed by atoms with Crippen LogP contribution in [0.2, 0.25) is 0 Å². The Bertz CT molecular complexity index is 324. The predicted molar refractivity (Wildman–Crippen MR) is 74.2 cm³/mol. The summed E-state index contributed by atoms with van der Waals surface area (Å²) in [6.07, 6.45) is 5.59. The van der Waals surface area contributed by atoms with Crippen molar-refractivity contribution in [3.63, 3.8) is 0 Å². The van der Waals surface area contributed by atoms with E-state index in [9.17, 15) is 9.59 Å². The minimum atomic E-state index is -0.780. The molecule has 2 fully saturated rings. The van der Waals surface area contributed by atoms with Crippen LogP contribution in [-0.2, 0) is 14.3 Å². The van der Waals surface area contributed by atoms with Gasteiger partial charge in [0.15, 0.2) is 0 Å². The summed E-state index contributed by atoms with van der Waals surface area (Å²) >= 11 is 0. The van der Waals surface area contributed by atoms with Gasteiger partial charge in [-0.05, 0) is 12.8 Å². The fraction of sp³-hybridized carbons (Fsp3) is 0.846. The predicted octanol–water partition coefficient (Wildman–Crippen LogP) is 1.01. The van der Waals surface area contributed by atoms with Gasteiger partial charge in [0.1, 0.15) is 5.54 Å². The number of esters is 1. The third-order valence-corrected chi connectivity index (χ3v) is 4.05. The maximum atomic E-state index is 12.1. The van der Waals surface area contributed by atoms with Gasteiger partial charge in [-0.15, -0.1) is 12.4 Å². The smallest absolute Gasteiger partial charge is 0.331 e. The maximum absolute atomic E-state index is 12.1. The van der Waals surface area contributed by atoms with Crippen molar-refractivity contribution in [3.05, 3.63) is 0 Å². The number of methoxy groups -OCH3 is 1. The van der Waals surface area contributed by atoms with E-state index in [2.05, 4.69) is 10.6 Å². The molecule has 0 atom stereocenters. The number of nitrogens with one attached hydrogen (secondary N) is 2. The van der Waals surface area contributed by atoms with Crippen molar-refractivity contribution in [1.29, 1.82) is 0 Å². The summed E-state index contributed by atoms with van der Waals surface area (Å²) in [5.74, 6) is -0.291. The SMILES string of the molecule is COC(=O)C1(NC(=O)C2CNC2)CCCCCC1.Cl. The highest BCUT2D eigenvalue weighted by Gasteiger charge is 2.42. The number of hydrogen-bond acceptors (Lipinski definition) is 4. The Hall–Kier alpha value is -0.810. The van der Waals surface area contributed by atoms with Crippen molar-refractivity contribution in [1.82, 2.24) is 10.6 Å². The van der Waals surface area contributed by atoms with Gasteiger partial charge in [-0.2, -0.15) is 0 Å². The monoisotopic (exact) mass is 290 g/mol. The Balaban J connectivity index is 0.00000180. The van der Waals surface area contributed by atoms with Crippen LogP contribution in [-0.4, -0.2) is 37.6 Å². The van der Waals surface area contributed by atoms with Gasteiger partial charge < -0.3 is 15.4 Å². The molecule has 0 aromatic heterocycles. The molecule has 2 rings (SSSR count). The Morgan fingerprint density at radius 2 is 1.74 bits per heavy atom. The quantitative estimate of drug-likeness (QED) is 0.601. The van der Waals surface area contributed by atoms with Crippen molar-refractivity contribution in [2.75, 3.05) is 20.2 Å². The van der Waals surface area contributed by atoms with Gasteiger partial charge in [0.25, 0.3) is 0 Å². The topological polar surface area (TPSA) is 67.4 Å². The Morgan fingerprint density at radius 1 is 1.16 bits per heavy atom. The molecule has 2 aliphatic rings. The first-order chi connectivity index (χ1) is 8.68. The average molecular weight is 291 g/mol. The van der Waals surface area contributed by atoms with Gasteiger partial charge in [-0.25, -0.2) is 4.79 Å². The zero-order chi connectivity index (χ0) is 13.0. The fourth-order valence-corrected chi connectivity index (χ4v) is 2.72. The van der Waals surface area contributed by atoms with Gasteiger partial charge in [0, 0.05) is 13.1 Å². The van der Waals surface area contributed by atoms with Gasteiger partial charge in [-0.3, -0.25) is 4.79 Å². The molecule has 1 saturated heterocycles. The summed E-state index contributed by atoms with van der Waals surface area (Å²) in [4.78, 5) is 24.1. The average Bonchev–Trinajstić information content (AvgIpc) is 2.52. The molecule has 0 spiro atoms. The van der Waals surface area contributed by atoms with Crippen molar-refractivity contribution >= 4 is 24.3 Å². The zero-order valence-corrected chi connectivity index (χ0v) is 12.2. The first-order valence-corrected chi connectivity index (χ1v) is 6.79. The van der Waals surface area contributed by atoms with Crippen LogP contribution in [0.25, 0.3) is 0 Å². The number of rotatable bonds is 3. The van der Waals surface area contributed by atoms with E-state index < -0.39 is 5.54 Å². The first-order valence-electron chi connectivity index (χ1n) is 6.79. The van der Waals surface area contributed by atoms with Crippen LogP contribution in [0.3, 0.4) is 0 Å². The summed E-state index contributed by atoms with van der Waals surface area (Å²) in [7, 11) is 1.39. The lowest BCUT2D eigenvalue weighted by molar-refractivity contribution is -0.152. The summed E-state index contributed by atoms with van der Waals surface area (Å²) in [6.45, 7) is 1.42. The van der Waals surface area contributed by atoms with E-state index in [1.807, 2.05) is 0 Å². The summed E-state index contributed by atoms with van der Waals surface area (Å²) < 4.78 is 4.91. The molecule has 1 aliphatic carbocycles. The van der Waals surface area contributed by atoms with E-state index in [-0.39, 0.29) is 30.2 Å². The highest BCUT2D eigenvalue weighted by Crippen LogP contribution is 2.29. The molecule has 0 unspecified atom stereocenters. The molecule has 0 aromatic carbocycles. The van der Waals surface area contributed by atoms with Crippen molar-refractivity contribution in [2.24, 2.45) is 5.92 Å². The Labute approximate surface area is 120 Å². The second-order valence-electron chi connectivity index (χ2n) is 5.33. The molecule has 1 amide bonds. The van der Waals surface area contributed by atoms with E-state index in [1.165, 1.54) is 7.11 Å². The van der Waals surface area contributed by atoms with E-state index in [0.717, 1.165) is 25.7 Å². The molecule has 0 radical (unpaired) electrons. The summed E-state index contributed by atoms with van der Waals surface area (Å²) in [5.41, 5.74) is -0.780. The van der Waals surface area contributed by atoms with Gasteiger partial charge in [-0.1, -0.05) is 25.7 Å². The van der Waals surface area contributed by atoms with Crippen LogP contribution in [0, 0.1) is 5.92 Å². The molecule has 19 heavy (non-hydrogen) atoms. The highest BCUT2D eigenvalue weighted by molar-refractivity contribution is 5.89. The first kappa shape index (κ1) is 16.2. The normalized spacial score (nSPS) is 22.4. The highest BCUT2D eigenvalue weighted by atomic mass is 35.5. The lowest BCUT2D eigenvalue weighted by Gasteiger charge is -2.34. The van der Waals surface area contributed by atoms with Gasteiger partial charge in [0.05, 0.1) is 13.0 Å².